The first-order valence-corrected chi connectivity index (χ1v) is 5.72. The van der Waals surface area contributed by atoms with Crippen molar-refractivity contribution in [2.75, 3.05) is 11.1 Å². The largest absolute Gasteiger partial charge is 0.411 e. The molecule has 0 unspecified atom stereocenters. The monoisotopic (exact) mass is 260 g/mol. The average Bonchev–Trinajstić information content (AvgIpc) is 2.97. The lowest BCUT2D eigenvalue weighted by atomic mass is 10.0. The Morgan fingerprint density at radius 1 is 1.33 bits per heavy atom. The Balaban J connectivity index is 2.33. The number of rotatable bonds is 3. The zero-order chi connectivity index (χ0) is 13.6. The molecule has 0 aliphatic heterocycles. The molecule has 0 radical (unpaired) electrons. The number of nitrogens with two attached hydrogens (primary N) is 1. The van der Waals surface area contributed by atoms with Gasteiger partial charge in [-0.25, -0.2) is 9.97 Å². The molecule has 4 nitrogen and oxygen atoms in total. The van der Waals surface area contributed by atoms with E-state index in [1.54, 1.807) is 0 Å². The number of hydrogen-bond acceptors (Lipinski definition) is 4. The van der Waals surface area contributed by atoms with E-state index in [1.165, 1.54) is 6.33 Å². The molecule has 7 heteroatoms. The van der Waals surface area contributed by atoms with Crippen LogP contribution < -0.4 is 11.1 Å². The summed E-state index contributed by atoms with van der Waals surface area (Å²) in [5.74, 6) is 0.366. The first kappa shape index (κ1) is 12.9. The molecule has 18 heavy (non-hydrogen) atoms. The number of halogens is 3. The number of hydrogen-bond donors (Lipinski definition) is 2. The zero-order valence-electron chi connectivity index (χ0n) is 10.2. The van der Waals surface area contributed by atoms with E-state index in [2.05, 4.69) is 15.3 Å². The Hall–Kier alpha value is -1.53. The molecule has 1 aliphatic rings. The molecule has 1 aromatic rings. The molecule has 2 rings (SSSR count). The van der Waals surface area contributed by atoms with Crippen LogP contribution in [0.25, 0.3) is 0 Å². The molecule has 0 spiro atoms. The van der Waals surface area contributed by atoms with Crippen molar-refractivity contribution in [3.05, 3.63) is 11.9 Å². The third-order valence-electron chi connectivity index (χ3n) is 3.14. The molecular formula is C11H15F3N4. The van der Waals surface area contributed by atoms with Crippen LogP contribution in [0, 0.1) is 0 Å². The number of aromatic nitrogens is 2. The topological polar surface area (TPSA) is 63.8 Å². The van der Waals surface area contributed by atoms with Crippen molar-refractivity contribution in [3.8, 4) is 0 Å². The van der Waals surface area contributed by atoms with E-state index < -0.39 is 11.7 Å². The van der Waals surface area contributed by atoms with E-state index in [-0.39, 0.29) is 30.4 Å². The van der Waals surface area contributed by atoms with Gasteiger partial charge in [0.05, 0.1) is 0 Å². The average molecular weight is 260 g/mol. The SMILES string of the molecule is CC(C)c1c(N)ncnc1NC1(C(F)(F)F)CC1. The summed E-state index contributed by atoms with van der Waals surface area (Å²) < 4.78 is 38.6. The number of alkyl halides is 3. The van der Waals surface area contributed by atoms with E-state index in [9.17, 15) is 13.2 Å². The summed E-state index contributed by atoms with van der Waals surface area (Å²) in [4.78, 5) is 7.72. The molecule has 3 N–H and O–H groups in total. The van der Waals surface area contributed by atoms with Gasteiger partial charge < -0.3 is 11.1 Å². The van der Waals surface area contributed by atoms with Crippen LogP contribution in [0.5, 0.6) is 0 Å². The Labute approximate surface area is 103 Å². The fraction of sp³-hybridized carbons (Fsp3) is 0.636. The van der Waals surface area contributed by atoms with Crippen LogP contribution >= 0.6 is 0 Å². The van der Waals surface area contributed by atoms with Crippen molar-refractivity contribution >= 4 is 11.6 Å². The molecule has 0 aromatic carbocycles. The maximum Gasteiger partial charge on any atom is 0.411 e. The van der Waals surface area contributed by atoms with Crippen molar-refractivity contribution in [3.63, 3.8) is 0 Å². The lowest BCUT2D eigenvalue weighted by molar-refractivity contribution is -0.151. The van der Waals surface area contributed by atoms with Gasteiger partial charge in [0.25, 0.3) is 0 Å². The van der Waals surface area contributed by atoms with Gasteiger partial charge >= 0.3 is 6.18 Å². The van der Waals surface area contributed by atoms with Crippen LogP contribution in [0.1, 0.15) is 38.2 Å². The first-order valence-electron chi connectivity index (χ1n) is 5.72. The molecule has 1 aliphatic carbocycles. The smallest absolute Gasteiger partial charge is 0.383 e. The van der Waals surface area contributed by atoms with Gasteiger partial charge in [0, 0.05) is 5.56 Å². The highest BCUT2D eigenvalue weighted by atomic mass is 19.4. The Morgan fingerprint density at radius 2 is 1.94 bits per heavy atom. The van der Waals surface area contributed by atoms with Gasteiger partial charge in [-0.1, -0.05) is 13.8 Å². The highest BCUT2D eigenvalue weighted by Gasteiger charge is 2.63. The normalized spacial score (nSPS) is 17.9. The number of nitrogens with one attached hydrogen (secondary N) is 1. The lowest BCUT2D eigenvalue weighted by Crippen LogP contribution is -2.39. The van der Waals surface area contributed by atoms with Gasteiger partial charge in [-0.05, 0) is 18.8 Å². The minimum Gasteiger partial charge on any atom is -0.383 e. The molecule has 1 fully saturated rings. The predicted molar refractivity (Wildman–Crippen MR) is 62.2 cm³/mol. The van der Waals surface area contributed by atoms with E-state index in [4.69, 9.17) is 5.73 Å². The van der Waals surface area contributed by atoms with Gasteiger partial charge in [0.2, 0.25) is 0 Å². The first-order chi connectivity index (χ1) is 8.27. The standard InChI is InChI=1S/C11H15F3N4/c1-6(2)7-8(15)16-5-17-9(7)18-10(3-4-10)11(12,13)14/h5-6H,3-4H2,1-2H3,(H3,15,16,17,18). The fourth-order valence-electron chi connectivity index (χ4n) is 1.91. The second-order valence-corrected chi connectivity index (χ2v) is 4.88. The van der Waals surface area contributed by atoms with E-state index in [0.717, 1.165) is 0 Å². The Kier molecular flexibility index (Phi) is 2.87. The van der Waals surface area contributed by atoms with Crippen LogP contribution in [0.2, 0.25) is 0 Å². The second kappa shape index (κ2) is 4.00. The Morgan fingerprint density at radius 3 is 2.39 bits per heavy atom. The van der Waals surface area contributed by atoms with Gasteiger partial charge in [-0.2, -0.15) is 13.2 Å². The summed E-state index contributed by atoms with van der Waals surface area (Å²) in [6.45, 7) is 3.68. The molecule has 1 heterocycles. The second-order valence-electron chi connectivity index (χ2n) is 4.88. The van der Waals surface area contributed by atoms with Crippen molar-refractivity contribution in [2.45, 2.75) is 44.3 Å². The minimum absolute atomic E-state index is 0.0438. The maximum atomic E-state index is 12.9. The van der Waals surface area contributed by atoms with Crippen LogP contribution in [-0.2, 0) is 0 Å². The summed E-state index contributed by atoms with van der Waals surface area (Å²) >= 11 is 0. The van der Waals surface area contributed by atoms with Gasteiger partial charge in [-0.15, -0.1) is 0 Å². The predicted octanol–water partition coefficient (Wildman–Crippen LogP) is 2.69. The molecule has 0 saturated heterocycles. The summed E-state index contributed by atoms with van der Waals surface area (Å²) in [6, 6.07) is 0. The van der Waals surface area contributed by atoms with Crippen LogP contribution in [0.4, 0.5) is 24.8 Å². The maximum absolute atomic E-state index is 12.9. The van der Waals surface area contributed by atoms with Crippen LogP contribution in [0.3, 0.4) is 0 Å². The number of anilines is 2. The molecule has 0 atom stereocenters. The van der Waals surface area contributed by atoms with E-state index in [0.29, 0.717) is 5.56 Å². The van der Waals surface area contributed by atoms with Crippen molar-refractivity contribution in [2.24, 2.45) is 0 Å². The van der Waals surface area contributed by atoms with E-state index >= 15 is 0 Å². The molecule has 1 saturated carbocycles. The summed E-state index contributed by atoms with van der Waals surface area (Å²) in [6.07, 6.45) is -2.97. The lowest BCUT2D eigenvalue weighted by Gasteiger charge is -2.23. The summed E-state index contributed by atoms with van der Waals surface area (Å²) in [7, 11) is 0. The zero-order valence-corrected chi connectivity index (χ0v) is 10.2. The third kappa shape index (κ3) is 2.09. The van der Waals surface area contributed by atoms with Crippen molar-refractivity contribution < 1.29 is 13.2 Å². The molecule has 0 amide bonds. The number of nitrogens with zero attached hydrogens (tertiary/aromatic N) is 2. The van der Waals surface area contributed by atoms with Crippen molar-refractivity contribution in [1.29, 1.82) is 0 Å². The summed E-state index contributed by atoms with van der Waals surface area (Å²) in [5.41, 5.74) is 4.40. The Bertz CT molecular complexity index is 452. The van der Waals surface area contributed by atoms with Gasteiger partial charge in [0.1, 0.15) is 23.5 Å². The minimum atomic E-state index is -4.28. The summed E-state index contributed by atoms with van der Waals surface area (Å²) in [5, 5.41) is 2.50. The molecule has 0 bridgehead atoms. The molecule has 100 valence electrons. The van der Waals surface area contributed by atoms with Gasteiger partial charge in [-0.3, -0.25) is 0 Å². The highest BCUT2D eigenvalue weighted by molar-refractivity contribution is 5.58. The van der Waals surface area contributed by atoms with Crippen LogP contribution in [0.15, 0.2) is 6.33 Å². The van der Waals surface area contributed by atoms with E-state index in [1.807, 2.05) is 13.8 Å². The van der Waals surface area contributed by atoms with Gasteiger partial charge in [0.15, 0.2) is 0 Å². The molecule has 1 aromatic heterocycles. The fourth-order valence-corrected chi connectivity index (χ4v) is 1.91. The molecular weight excluding hydrogens is 245 g/mol. The number of nitrogen functional groups attached to an aromatic ring is 1. The third-order valence-corrected chi connectivity index (χ3v) is 3.14. The van der Waals surface area contributed by atoms with Crippen molar-refractivity contribution in [1.82, 2.24) is 9.97 Å². The quantitative estimate of drug-likeness (QED) is 0.877. The van der Waals surface area contributed by atoms with Crippen LogP contribution in [-0.4, -0.2) is 21.7 Å². The highest BCUT2D eigenvalue weighted by Crippen LogP contribution is 2.51.